The van der Waals surface area contributed by atoms with Crippen molar-refractivity contribution in [3.8, 4) is 0 Å². The summed E-state index contributed by atoms with van der Waals surface area (Å²) in [7, 11) is 0. The molecule has 1 aliphatic rings. The zero-order chi connectivity index (χ0) is 9.97. The van der Waals surface area contributed by atoms with Crippen molar-refractivity contribution in [3.05, 3.63) is 18.1 Å². The maximum absolute atomic E-state index is 4.33. The van der Waals surface area contributed by atoms with Crippen LogP contribution in [-0.4, -0.2) is 27.5 Å². The lowest BCUT2D eigenvalue weighted by Gasteiger charge is -2.36. The second-order valence-corrected chi connectivity index (χ2v) is 4.67. The van der Waals surface area contributed by atoms with Crippen LogP contribution in [0, 0.1) is 6.92 Å². The van der Waals surface area contributed by atoms with Crippen molar-refractivity contribution < 1.29 is 0 Å². The van der Waals surface area contributed by atoms with Crippen LogP contribution >= 0.6 is 11.8 Å². The minimum Gasteiger partial charge on any atom is -0.366 e. The van der Waals surface area contributed by atoms with E-state index < -0.39 is 0 Å². The average Bonchev–Trinajstić information content (AvgIpc) is 2.14. The molecule has 1 aromatic rings. The van der Waals surface area contributed by atoms with Crippen molar-refractivity contribution in [1.82, 2.24) is 9.97 Å². The normalized spacial score (nSPS) is 25.6. The quantitative estimate of drug-likeness (QED) is 0.827. The second kappa shape index (κ2) is 4.17. The Bertz CT molecular complexity index is 314. The molecule has 0 amide bonds. The van der Waals surface area contributed by atoms with Crippen molar-refractivity contribution in [1.29, 1.82) is 0 Å². The van der Waals surface area contributed by atoms with E-state index in [0.717, 1.165) is 16.9 Å². The zero-order valence-electron chi connectivity index (χ0n) is 8.53. The predicted molar refractivity (Wildman–Crippen MR) is 60.7 cm³/mol. The summed E-state index contributed by atoms with van der Waals surface area (Å²) in [5.41, 5.74) is 0. The highest BCUT2D eigenvalue weighted by Gasteiger charge is 2.29. The highest BCUT2D eigenvalue weighted by Crippen LogP contribution is 2.32. The molecule has 4 heteroatoms. The zero-order valence-corrected chi connectivity index (χ0v) is 9.34. The molecule has 1 heterocycles. The smallest absolute Gasteiger partial charge is 0.129 e. The Balaban J connectivity index is 1.97. The molecule has 14 heavy (non-hydrogen) atoms. The van der Waals surface area contributed by atoms with Crippen molar-refractivity contribution in [2.45, 2.75) is 31.1 Å². The summed E-state index contributed by atoms with van der Waals surface area (Å²) in [5, 5.41) is 4.20. The lowest BCUT2D eigenvalue weighted by Crippen LogP contribution is -2.40. The van der Waals surface area contributed by atoms with Crippen molar-refractivity contribution in [2.24, 2.45) is 0 Å². The highest BCUT2D eigenvalue weighted by molar-refractivity contribution is 7.99. The number of aryl methyl sites for hydroxylation is 1. The van der Waals surface area contributed by atoms with E-state index in [1.165, 1.54) is 12.8 Å². The third kappa shape index (κ3) is 2.00. The number of anilines is 1. The number of aromatic nitrogens is 2. The first-order valence-electron chi connectivity index (χ1n) is 4.88. The fourth-order valence-corrected chi connectivity index (χ4v) is 2.55. The minimum absolute atomic E-state index is 0.597. The van der Waals surface area contributed by atoms with Gasteiger partial charge in [0.05, 0.1) is 0 Å². The van der Waals surface area contributed by atoms with Crippen LogP contribution in [0.25, 0.3) is 0 Å². The summed E-state index contributed by atoms with van der Waals surface area (Å²) in [4.78, 5) is 8.41. The van der Waals surface area contributed by atoms with Gasteiger partial charge in [-0.1, -0.05) is 0 Å². The van der Waals surface area contributed by atoms with Crippen LogP contribution in [0.5, 0.6) is 0 Å². The van der Waals surface area contributed by atoms with Crippen LogP contribution in [0.1, 0.15) is 18.7 Å². The third-order valence-corrected chi connectivity index (χ3v) is 3.79. The molecule has 0 aromatic carbocycles. The van der Waals surface area contributed by atoms with Crippen molar-refractivity contribution >= 4 is 17.6 Å². The largest absolute Gasteiger partial charge is 0.366 e. The van der Waals surface area contributed by atoms with E-state index in [2.05, 4.69) is 21.5 Å². The molecule has 1 aliphatic carbocycles. The van der Waals surface area contributed by atoms with E-state index in [-0.39, 0.29) is 0 Å². The molecule has 2 rings (SSSR count). The molecule has 3 nitrogen and oxygen atoms in total. The van der Waals surface area contributed by atoms with Gasteiger partial charge in [-0.05, 0) is 32.1 Å². The Morgan fingerprint density at radius 2 is 2.36 bits per heavy atom. The van der Waals surface area contributed by atoms with Gasteiger partial charge in [0.25, 0.3) is 0 Å². The molecule has 1 fully saturated rings. The van der Waals surface area contributed by atoms with Crippen LogP contribution in [0.15, 0.2) is 12.3 Å². The fraction of sp³-hybridized carbons (Fsp3) is 0.600. The number of hydrogen-bond acceptors (Lipinski definition) is 4. The molecule has 1 N–H and O–H groups in total. The van der Waals surface area contributed by atoms with Crippen LogP contribution in [0.4, 0.5) is 5.82 Å². The van der Waals surface area contributed by atoms with Crippen molar-refractivity contribution in [3.63, 3.8) is 0 Å². The summed E-state index contributed by atoms with van der Waals surface area (Å²) in [6.45, 7) is 1.91. The topological polar surface area (TPSA) is 37.8 Å². The summed E-state index contributed by atoms with van der Waals surface area (Å²) in [5.74, 6) is 1.79. The van der Waals surface area contributed by atoms with Gasteiger partial charge in [0, 0.05) is 17.5 Å². The van der Waals surface area contributed by atoms with Crippen LogP contribution in [-0.2, 0) is 0 Å². The molecule has 0 aliphatic heterocycles. The van der Waals surface area contributed by atoms with Crippen LogP contribution < -0.4 is 5.32 Å². The van der Waals surface area contributed by atoms with Gasteiger partial charge in [0.1, 0.15) is 11.6 Å². The maximum Gasteiger partial charge on any atom is 0.129 e. The summed E-state index contributed by atoms with van der Waals surface area (Å²) < 4.78 is 0. The second-order valence-electron chi connectivity index (χ2n) is 3.59. The lowest BCUT2D eigenvalue weighted by molar-refractivity contribution is 0.461. The number of nitrogens with one attached hydrogen (secondary N) is 1. The molecule has 1 saturated carbocycles. The summed E-state index contributed by atoms with van der Waals surface area (Å²) in [6, 6.07) is 2.53. The lowest BCUT2D eigenvalue weighted by atomic mass is 9.92. The molecule has 2 atom stereocenters. The van der Waals surface area contributed by atoms with E-state index in [1.807, 2.05) is 24.8 Å². The predicted octanol–water partition coefficient (Wildman–Crippen LogP) is 2.09. The van der Waals surface area contributed by atoms with Crippen LogP contribution in [0.3, 0.4) is 0 Å². The molecular weight excluding hydrogens is 194 g/mol. The maximum atomic E-state index is 4.33. The Hall–Kier alpha value is -0.770. The Morgan fingerprint density at radius 3 is 2.93 bits per heavy atom. The molecule has 0 bridgehead atoms. The van der Waals surface area contributed by atoms with Gasteiger partial charge in [-0.15, -0.1) is 0 Å². The van der Waals surface area contributed by atoms with E-state index >= 15 is 0 Å². The monoisotopic (exact) mass is 209 g/mol. The fourth-order valence-electron chi connectivity index (χ4n) is 1.64. The Morgan fingerprint density at radius 1 is 1.50 bits per heavy atom. The summed E-state index contributed by atoms with van der Waals surface area (Å²) in [6.07, 6.45) is 6.55. The van der Waals surface area contributed by atoms with Gasteiger partial charge in [0.2, 0.25) is 0 Å². The Labute approximate surface area is 88.7 Å². The summed E-state index contributed by atoms with van der Waals surface area (Å²) >= 11 is 1.94. The number of nitrogens with zero attached hydrogens (tertiary/aromatic N) is 2. The molecular formula is C10H15N3S. The molecule has 2 unspecified atom stereocenters. The van der Waals surface area contributed by atoms with E-state index in [1.54, 1.807) is 6.20 Å². The SMILES string of the molecule is CSC1CCC1Nc1ccnc(C)n1. The van der Waals surface area contributed by atoms with Gasteiger partial charge >= 0.3 is 0 Å². The van der Waals surface area contributed by atoms with E-state index in [9.17, 15) is 0 Å². The van der Waals surface area contributed by atoms with Gasteiger partial charge in [-0.2, -0.15) is 11.8 Å². The molecule has 0 radical (unpaired) electrons. The number of thioether (sulfide) groups is 1. The van der Waals surface area contributed by atoms with E-state index in [4.69, 9.17) is 0 Å². The van der Waals surface area contributed by atoms with Gasteiger partial charge in [-0.3, -0.25) is 0 Å². The molecule has 76 valence electrons. The number of hydrogen-bond donors (Lipinski definition) is 1. The highest BCUT2D eigenvalue weighted by atomic mass is 32.2. The standard InChI is InChI=1S/C10H15N3S/c1-7-11-6-5-10(12-7)13-8-3-4-9(8)14-2/h5-6,8-9H,3-4H2,1-2H3,(H,11,12,13). The average molecular weight is 209 g/mol. The Kier molecular flexibility index (Phi) is 2.91. The number of rotatable bonds is 3. The first-order chi connectivity index (χ1) is 6.79. The first-order valence-corrected chi connectivity index (χ1v) is 6.17. The third-order valence-electron chi connectivity index (χ3n) is 2.62. The molecule has 1 aromatic heterocycles. The van der Waals surface area contributed by atoms with E-state index in [0.29, 0.717) is 6.04 Å². The van der Waals surface area contributed by atoms with Gasteiger partial charge < -0.3 is 5.32 Å². The van der Waals surface area contributed by atoms with Crippen LogP contribution in [0.2, 0.25) is 0 Å². The van der Waals surface area contributed by atoms with Gasteiger partial charge in [0.15, 0.2) is 0 Å². The first kappa shape index (κ1) is 9.77. The minimum atomic E-state index is 0.597. The molecule has 0 saturated heterocycles. The molecule has 0 spiro atoms. The van der Waals surface area contributed by atoms with Gasteiger partial charge in [-0.25, -0.2) is 9.97 Å². The van der Waals surface area contributed by atoms with Crippen molar-refractivity contribution in [2.75, 3.05) is 11.6 Å².